The lowest BCUT2D eigenvalue weighted by atomic mass is 9.95. The quantitative estimate of drug-likeness (QED) is 0.299. The number of hydrogen-bond acceptors (Lipinski definition) is 1. The van der Waals surface area contributed by atoms with Gasteiger partial charge >= 0.3 is 6.18 Å². The van der Waals surface area contributed by atoms with Gasteiger partial charge in [-0.2, -0.15) is 13.2 Å². The molecular formula is C25H15F3O. The van der Waals surface area contributed by atoms with E-state index < -0.39 is 11.7 Å². The third-order valence-electron chi connectivity index (χ3n) is 5.12. The Hall–Kier alpha value is -3.53. The average molecular weight is 388 g/mol. The van der Waals surface area contributed by atoms with Crippen molar-refractivity contribution in [3.8, 4) is 22.5 Å². The topological polar surface area (TPSA) is 13.1 Å². The van der Waals surface area contributed by atoms with Crippen molar-refractivity contribution >= 4 is 21.7 Å². The Morgan fingerprint density at radius 1 is 0.621 bits per heavy atom. The van der Waals surface area contributed by atoms with E-state index in [4.69, 9.17) is 4.42 Å². The Labute approximate surface area is 165 Å². The molecule has 4 aromatic carbocycles. The number of furan rings is 1. The van der Waals surface area contributed by atoms with E-state index in [0.717, 1.165) is 39.4 Å². The lowest BCUT2D eigenvalue weighted by Crippen LogP contribution is -2.04. The van der Waals surface area contributed by atoms with Gasteiger partial charge in [0.25, 0.3) is 0 Å². The van der Waals surface area contributed by atoms with Gasteiger partial charge in [0.1, 0.15) is 11.3 Å². The van der Waals surface area contributed by atoms with Crippen LogP contribution in [0.2, 0.25) is 0 Å². The van der Waals surface area contributed by atoms with Crippen LogP contribution in [0, 0.1) is 0 Å². The van der Waals surface area contributed by atoms with Gasteiger partial charge in [-0.05, 0) is 34.5 Å². The summed E-state index contributed by atoms with van der Waals surface area (Å²) in [6.45, 7) is 0. The van der Waals surface area contributed by atoms with E-state index in [1.807, 2.05) is 66.7 Å². The molecule has 1 nitrogen and oxygen atoms in total. The zero-order valence-corrected chi connectivity index (χ0v) is 15.2. The molecule has 0 saturated carbocycles. The summed E-state index contributed by atoms with van der Waals surface area (Å²) in [7, 11) is 0. The van der Waals surface area contributed by atoms with Crippen LogP contribution in [0.3, 0.4) is 0 Å². The molecule has 0 atom stereocenters. The molecule has 0 fully saturated rings. The van der Waals surface area contributed by atoms with Crippen LogP contribution in [0.25, 0.3) is 44.2 Å². The summed E-state index contributed by atoms with van der Waals surface area (Å²) in [6, 6.07) is 26.7. The second-order valence-electron chi connectivity index (χ2n) is 6.91. The van der Waals surface area contributed by atoms with Gasteiger partial charge in [0.2, 0.25) is 0 Å². The van der Waals surface area contributed by atoms with Crippen LogP contribution < -0.4 is 0 Å². The molecule has 0 aliphatic rings. The minimum absolute atomic E-state index is 0.650. The number of rotatable bonds is 2. The fourth-order valence-electron chi connectivity index (χ4n) is 3.76. The third-order valence-corrected chi connectivity index (χ3v) is 5.12. The molecule has 0 N–H and O–H groups in total. The molecule has 4 heteroatoms. The highest BCUT2D eigenvalue weighted by Gasteiger charge is 2.30. The Bertz CT molecular complexity index is 1310. The van der Waals surface area contributed by atoms with Crippen molar-refractivity contribution in [3.05, 3.63) is 96.6 Å². The monoisotopic (exact) mass is 388 g/mol. The summed E-state index contributed by atoms with van der Waals surface area (Å²) in [5, 5.41) is 2.96. The molecule has 5 rings (SSSR count). The molecule has 1 heterocycles. The van der Waals surface area contributed by atoms with Crippen LogP contribution in [0.1, 0.15) is 5.56 Å². The van der Waals surface area contributed by atoms with Gasteiger partial charge in [-0.3, -0.25) is 0 Å². The van der Waals surface area contributed by atoms with Crippen molar-refractivity contribution in [3.63, 3.8) is 0 Å². The van der Waals surface area contributed by atoms with E-state index >= 15 is 0 Å². The maximum Gasteiger partial charge on any atom is 0.416 e. The van der Waals surface area contributed by atoms with E-state index in [0.29, 0.717) is 16.9 Å². The molecule has 0 unspecified atom stereocenters. The van der Waals surface area contributed by atoms with Gasteiger partial charge in [0.05, 0.1) is 5.56 Å². The SMILES string of the molecule is FC(F)(F)c1ccc(-c2c(-c3ccccc3)oc3ccc4ccccc4c23)cc1. The predicted molar refractivity (Wildman–Crippen MR) is 110 cm³/mol. The number of hydrogen-bond donors (Lipinski definition) is 0. The van der Waals surface area contributed by atoms with Crippen LogP contribution in [0.5, 0.6) is 0 Å². The largest absolute Gasteiger partial charge is 0.455 e. The highest BCUT2D eigenvalue weighted by atomic mass is 19.4. The summed E-state index contributed by atoms with van der Waals surface area (Å²) in [4.78, 5) is 0. The zero-order chi connectivity index (χ0) is 20.0. The lowest BCUT2D eigenvalue weighted by Gasteiger charge is -2.09. The van der Waals surface area contributed by atoms with Crippen molar-refractivity contribution in [1.82, 2.24) is 0 Å². The van der Waals surface area contributed by atoms with E-state index in [1.54, 1.807) is 0 Å². The molecule has 0 aliphatic carbocycles. The van der Waals surface area contributed by atoms with Gasteiger partial charge in [0, 0.05) is 16.5 Å². The fourth-order valence-corrected chi connectivity index (χ4v) is 3.76. The van der Waals surface area contributed by atoms with E-state index in [1.165, 1.54) is 12.1 Å². The second kappa shape index (κ2) is 6.52. The standard InChI is InChI=1S/C25H15F3O/c26-25(27,28)19-13-10-17(11-14-19)22-23-20-9-5-4-6-16(20)12-15-21(23)29-24(22)18-7-2-1-3-8-18/h1-15H. The van der Waals surface area contributed by atoms with Crippen LogP contribution in [-0.4, -0.2) is 0 Å². The molecule has 0 amide bonds. The molecule has 0 saturated heterocycles. The number of fused-ring (bicyclic) bond motifs is 3. The molecule has 142 valence electrons. The second-order valence-corrected chi connectivity index (χ2v) is 6.91. The van der Waals surface area contributed by atoms with Gasteiger partial charge in [-0.15, -0.1) is 0 Å². The molecule has 29 heavy (non-hydrogen) atoms. The maximum absolute atomic E-state index is 13.0. The van der Waals surface area contributed by atoms with Crippen molar-refractivity contribution < 1.29 is 17.6 Å². The van der Waals surface area contributed by atoms with Crippen molar-refractivity contribution in [1.29, 1.82) is 0 Å². The molecule has 1 aromatic heterocycles. The first-order chi connectivity index (χ1) is 14.0. The molecule has 0 spiro atoms. The number of alkyl halides is 3. The molecule has 0 radical (unpaired) electrons. The minimum atomic E-state index is -4.37. The van der Waals surface area contributed by atoms with Gasteiger partial charge in [-0.1, -0.05) is 72.8 Å². The normalized spacial score (nSPS) is 12.0. The molecular weight excluding hydrogens is 373 g/mol. The van der Waals surface area contributed by atoms with Gasteiger partial charge in [-0.25, -0.2) is 0 Å². The number of benzene rings is 4. The van der Waals surface area contributed by atoms with Crippen LogP contribution in [-0.2, 0) is 6.18 Å². The summed E-state index contributed by atoms with van der Waals surface area (Å²) >= 11 is 0. The first kappa shape index (κ1) is 17.6. The molecule has 5 aromatic rings. The van der Waals surface area contributed by atoms with Crippen molar-refractivity contribution in [2.24, 2.45) is 0 Å². The zero-order valence-electron chi connectivity index (χ0n) is 15.2. The highest BCUT2D eigenvalue weighted by molar-refractivity contribution is 6.16. The van der Waals surface area contributed by atoms with E-state index in [2.05, 4.69) is 0 Å². The fraction of sp³-hybridized carbons (Fsp3) is 0.0400. The van der Waals surface area contributed by atoms with Gasteiger partial charge < -0.3 is 4.42 Å². The summed E-state index contributed by atoms with van der Waals surface area (Å²) in [5.74, 6) is 0.650. The summed E-state index contributed by atoms with van der Waals surface area (Å²) in [5.41, 5.74) is 2.41. The van der Waals surface area contributed by atoms with Crippen molar-refractivity contribution in [2.45, 2.75) is 6.18 Å². The Morgan fingerprint density at radius 3 is 2.03 bits per heavy atom. The number of halogens is 3. The molecule has 0 aliphatic heterocycles. The highest BCUT2D eigenvalue weighted by Crippen LogP contribution is 2.44. The van der Waals surface area contributed by atoms with Crippen molar-refractivity contribution in [2.75, 3.05) is 0 Å². The smallest absolute Gasteiger partial charge is 0.416 e. The minimum Gasteiger partial charge on any atom is -0.455 e. The maximum atomic E-state index is 13.0. The average Bonchev–Trinajstić information content (AvgIpc) is 3.14. The van der Waals surface area contributed by atoms with Crippen LogP contribution in [0.15, 0.2) is 95.4 Å². The predicted octanol–water partition coefficient (Wildman–Crippen LogP) is 7.94. The molecule has 0 bridgehead atoms. The van der Waals surface area contributed by atoms with Crippen LogP contribution >= 0.6 is 0 Å². The summed E-state index contributed by atoms with van der Waals surface area (Å²) in [6.07, 6.45) is -4.37. The Balaban J connectivity index is 1.85. The van der Waals surface area contributed by atoms with E-state index in [9.17, 15) is 13.2 Å². The van der Waals surface area contributed by atoms with Gasteiger partial charge in [0.15, 0.2) is 0 Å². The summed E-state index contributed by atoms with van der Waals surface area (Å²) < 4.78 is 45.4. The van der Waals surface area contributed by atoms with E-state index in [-0.39, 0.29) is 0 Å². The Kier molecular flexibility index (Phi) is 3.95. The van der Waals surface area contributed by atoms with Crippen LogP contribution in [0.4, 0.5) is 13.2 Å². The first-order valence-electron chi connectivity index (χ1n) is 9.20. The third kappa shape index (κ3) is 2.97. The Morgan fingerprint density at radius 2 is 1.31 bits per heavy atom. The first-order valence-corrected chi connectivity index (χ1v) is 9.20. The lowest BCUT2D eigenvalue weighted by molar-refractivity contribution is -0.137.